The van der Waals surface area contributed by atoms with Gasteiger partial charge in [-0.3, -0.25) is 4.79 Å². The fourth-order valence-electron chi connectivity index (χ4n) is 3.41. The minimum atomic E-state index is -3.66. The average Bonchev–Trinajstić information content (AvgIpc) is 2.74. The Kier molecular flexibility index (Phi) is 5.36. The van der Waals surface area contributed by atoms with Crippen LogP contribution in [0.15, 0.2) is 65.6 Å². The number of nitrogens with zero attached hydrogens (tertiary/aromatic N) is 1. The molecule has 0 radical (unpaired) electrons. The maximum absolute atomic E-state index is 12.9. The first-order valence-corrected chi connectivity index (χ1v) is 10.9. The smallest absolute Gasteiger partial charge is 0.255 e. The third-order valence-electron chi connectivity index (χ3n) is 5.07. The van der Waals surface area contributed by atoms with E-state index in [-0.39, 0.29) is 10.8 Å². The second-order valence-corrected chi connectivity index (χ2v) is 8.95. The molecular weight excluding hydrogens is 388 g/mol. The van der Waals surface area contributed by atoms with Crippen LogP contribution in [-0.4, -0.2) is 44.9 Å². The Morgan fingerprint density at radius 1 is 0.966 bits per heavy atom. The molecule has 1 aliphatic heterocycles. The van der Waals surface area contributed by atoms with Crippen LogP contribution in [0, 0.1) is 6.92 Å². The summed E-state index contributed by atoms with van der Waals surface area (Å²) in [6.07, 6.45) is 0. The molecule has 29 heavy (non-hydrogen) atoms. The Morgan fingerprint density at radius 2 is 1.69 bits per heavy atom. The molecule has 0 aliphatic carbocycles. The highest BCUT2D eigenvalue weighted by molar-refractivity contribution is 7.89. The van der Waals surface area contributed by atoms with Crippen molar-refractivity contribution < 1.29 is 17.9 Å². The topological polar surface area (TPSA) is 75.7 Å². The van der Waals surface area contributed by atoms with E-state index >= 15 is 0 Å². The van der Waals surface area contributed by atoms with Crippen molar-refractivity contribution >= 4 is 32.4 Å². The monoisotopic (exact) mass is 410 g/mol. The van der Waals surface area contributed by atoms with Crippen molar-refractivity contribution in [2.45, 2.75) is 11.8 Å². The zero-order valence-electron chi connectivity index (χ0n) is 16.1. The fourth-order valence-corrected chi connectivity index (χ4v) is 4.84. The summed E-state index contributed by atoms with van der Waals surface area (Å²) in [5.41, 5.74) is 1.71. The molecule has 6 nitrogen and oxygen atoms in total. The van der Waals surface area contributed by atoms with Crippen molar-refractivity contribution in [2.24, 2.45) is 0 Å². The summed E-state index contributed by atoms with van der Waals surface area (Å²) in [7, 11) is -3.66. The molecule has 4 rings (SSSR count). The highest BCUT2D eigenvalue weighted by atomic mass is 32.2. The molecule has 150 valence electrons. The van der Waals surface area contributed by atoms with Crippen LogP contribution in [0.25, 0.3) is 10.8 Å². The molecule has 0 bridgehead atoms. The summed E-state index contributed by atoms with van der Waals surface area (Å²) in [6, 6.07) is 18.2. The zero-order valence-corrected chi connectivity index (χ0v) is 16.9. The molecule has 0 spiro atoms. The molecule has 1 fully saturated rings. The largest absolute Gasteiger partial charge is 0.379 e. The Labute approximate surface area is 170 Å². The lowest BCUT2D eigenvalue weighted by molar-refractivity contribution is 0.0730. The predicted molar refractivity (Wildman–Crippen MR) is 113 cm³/mol. The number of carbonyl (C=O) groups excluding carboxylic acids is 1. The molecule has 0 unspecified atom stereocenters. The molecule has 0 saturated carbocycles. The number of hydrogen-bond acceptors (Lipinski definition) is 4. The first-order chi connectivity index (χ1) is 13.9. The molecular formula is C22H22N2O4S. The van der Waals surface area contributed by atoms with Gasteiger partial charge < -0.3 is 10.1 Å². The van der Waals surface area contributed by atoms with Gasteiger partial charge in [0.15, 0.2) is 0 Å². The molecule has 3 aromatic carbocycles. The number of sulfonamides is 1. The van der Waals surface area contributed by atoms with Crippen molar-refractivity contribution in [3.8, 4) is 0 Å². The van der Waals surface area contributed by atoms with Crippen LogP contribution in [0.5, 0.6) is 0 Å². The minimum absolute atomic E-state index is 0.119. The Hall–Kier alpha value is -2.74. The first kappa shape index (κ1) is 19.6. The van der Waals surface area contributed by atoms with Crippen molar-refractivity contribution in [3.05, 3.63) is 71.8 Å². The van der Waals surface area contributed by atoms with Crippen LogP contribution in [-0.2, 0) is 14.8 Å². The lowest BCUT2D eigenvalue weighted by Gasteiger charge is -2.26. The maximum Gasteiger partial charge on any atom is 0.255 e. The van der Waals surface area contributed by atoms with Crippen LogP contribution in [0.4, 0.5) is 5.69 Å². The molecule has 7 heteroatoms. The molecule has 1 saturated heterocycles. The van der Waals surface area contributed by atoms with Gasteiger partial charge in [-0.25, -0.2) is 8.42 Å². The van der Waals surface area contributed by atoms with Gasteiger partial charge in [0, 0.05) is 24.3 Å². The lowest BCUT2D eigenvalue weighted by atomic mass is 10.1. The zero-order chi connectivity index (χ0) is 20.4. The maximum atomic E-state index is 12.9. The van der Waals surface area contributed by atoms with Crippen molar-refractivity contribution in [2.75, 3.05) is 31.6 Å². The van der Waals surface area contributed by atoms with Gasteiger partial charge in [-0.05, 0) is 47.5 Å². The molecule has 1 N–H and O–H groups in total. The molecule has 0 atom stereocenters. The second-order valence-electron chi connectivity index (χ2n) is 7.01. The van der Waals surface area contributed by atoms with Gasteiger partial charge in [-0.2, -0.15) is 4.31 Å². The van der Waals surface area contributed by atoms with Gasteiger partial charge >= 0.3 is 0 Å². The van der Waals surface area contributed by atoms with Gasteiger partial charge in [0.05, 0.1) is 18.1 Å². The summed E-state index contributed by atoms with van der Waals surface area (Å²) in [4.78, 5) is 13.0. The summed E-state index contributed by atoms with van der Waals surface area (Å²) in [6.45, 7) is 3.17. The predicted octanol–water partition coefficient (Wildman–Crippen LogP) is 3.42. The van der Waals surface area contributed by atoms with E-state index in [4.69, 9.17) is 4.74 Å². The van der Waals surface area contributed by atoms with Crippen molar-refractivity contribution in [1.29, 1.82) is 0 Å². The molecule has 1 heterocycles. The summed E-state index contributed by atoms with van der Waals surface area (Å²) >= 11 is 0. The lowest BCUT2D eigenvalue weighted by Crippen LogP contribution is -2.40. The first-order valence-electron chi connectivity index (χ1n) is 9.44. The number of anilines is 1. The van der Waals surface area contributed by atoms with Crippen LogP contribution < -0.4 is 5.32 Å². The Bertz CT molecular complexity index is 1170. The van der Waals surface area contributed by atoms with E-state index in [9.17, 15) is 13.2 Å². The standard InChI is InChI=1S/C22H22N2O4S/c1-16-6-9-20(29(26,27)24-10-12-28-13-11-24)15-21(16)22(25)23-19-8-7-17-4-2-3-5-18(17)14-19/h2-9,14-15H,10-13H2,1H3,(H,23,25). The number of aryl methyl sites for hydroxylation is 1. The van der Waals surface area contributed by atoms with Crippen LogP contribution >= 0.6 is 0 Å². The van der Waals surface area contributed by atoms with Gasteiger partial charge in [0.2, 0.25) is 10.0 Å². The van der Waals surface area contributed by atoms with E-state index in [0.29, 0.717) is 43.1 Å². The second kappa shape index (κ2) is 7.94. The van der Waals surface area contributed by atoms with Crippen LogP contribution in [0.2, 0.25) is 0 Å². The average molecular weight is 410 g/mol. The van der Waals surface area contributed by atoms with Crippen molar-refractivity contribution in [1.82, 2.24) is 4.31 Å². The Morgan fingerprint density at radius 3 is 2.45 bits per heavy atom. The number of ether oxygens (including phenoxy) is 1. The van der Waals surface area contributed by atoms with E-state index in [1.807, 2.05) is 42.5 Å². The SMILES string of the molecule is Cc1ccc(S(=O)(=O)N2CCOCC2)cc1C(=O)Nc1ccc2ccccc2c1. The summed E-state index contributed by atoms with van der Waals surface area (Å²) in [5, 5.41) is 4.98. The number of carbonyl (C=O) groups is 1. The normalized spacial score (nSPS) is 15.3. The van der Waals surface area contributed by atoms with E-state index in [1.54, 1.807) is 19.1 Å². The van der Waals surface area contributed by atoms with E-state index < -0.39 is 10.0 Å². The number of hydrogen-bond donors (Lipinski definition) is 1. The Balaban J connectivity index is 1.61. The van der Waals surface area contributed by atoms with Crippen LogP contribution in [0.3, 0.4) is 0 Å². The molecule has 1 aliphatic rings. The molecule has 0 aromatic heterocycles. The number of fused-ring (bicyclic) bond motifs is 1. The molecule has 1 amide bonds. The van der Waals surface area contributed by atoms with Gasteiger partial charge in [-0.1, -0.05) is 36.4 Å². The van der Waals surface area contributed by atoms with Crippen molar-refractivity contribution in [3.63, 3.8) is 0 Å². The highest BCUT2D eigenvalue weighted by Crippen LogP contribution is 2.23. The minimum Gasteiger partial charge on any atom is -0.379 e. The van der Waals surface area contributed by atoms with Gasteiger partial charge in [0.25, 0.3) is 5.91 Å². The number of nitrogens with one attached hydrogen (secondary N) is 1. The number of amides is 1. The quantitative estimate of drug-likeness (QED) is 0.715. The highest BCUT2D eigenvalue weighted by Gasteiger charge is 2.27. The van der Waals surface area contributed by atoms with Gasteiger partial charge in [0.1, 0.15) is 0 Å². The van der Waals surface area contributed by atoms with Crippen LogP contribution in [0.1, 0.15) is 15.9 Å². The van der Waals surface area contributed by atoms with Gasteiger partial charge in [-0.15, -0.1) is 0 Å². The number of rotatable bonds is 4. The third kappa shape index (κ3) is 4.03. The third-order valence-corrected chi connectivity index (χ3v) is 6.96. The number of morpholine rings is 1. The summed E-state index contributed by atoms with van der Waals surface area (Å²) < 4.78 is 32.5. The van der Waals surface area contributed by atoms with E-state index in [2.05, 4.69) is 5.32 Å². The number of benzene rings is 3. The molecule has 3 aromatic rings. The fraction of sp³-hybridized carbons (Fsp3) is 0.227. The van der Waals surface area contributed by atoms with E-state index in [1.165, 1.54) is 10.4 Å². The summed E-state index contributed by atoms with van der Waals surface area (Å²) in [5.74, 6) is -0.336. The van der Waals surface area contributed by atoms with E-state index in [0.717, 1.165) is 10.8 Å².